The smallest absolute Gasteiger partial charge is 0.277 e. The number of para-hydroxylation sites is 1. The number of benzene rings is 2. The van der Waals surface area contributed by atoms with Gasteiger partial charge in [-0.25, -0.2) is 0 Å². The van der Waals surface area contributed by atoms with Crippen molar-refractivity contribution in [1.29, 1.82) is 0 Å². The van der Waals surface area contributed by atoms with E-state index in [2.05, 4.69) is 0 Å². The molecule has 0 unspecified atom stereocenters. The molecule has 3 rings (SSSR count). The molecular formula is C16H9NO5. The summed E-state index contributed by atoms with van der Waals surface area (Å²) in [7, 11) is 0. The lowest BCUT2D eigenvalue weighted by atomic mass is 9.85. The van der Waals surface area contributed by atoms with Crippen molar-refractivity contribution in [3.63, 3.8) is 0 Å². The molecule has 0 radical (unpaired) electrons. The van der Waals surface area contributed by atoms with Gasteiger partial charge in [-0.1, -0.05) is 36.4 Å². The normalized spacial score (nSPS) is 14.0. The number of nitrogens with zero attached hydrogens (tertiary/aromatic N) is 1. The Balaban J connectivity index is 2.34. The maximum absolute atomic E-state index is 12.3. The minimum atomic E-state index is -0.953. The van der Waals surface area contributed by atoms with E-state index in [1.807, 2.05) is 0 Å². The summed E-state index contributed by atoms with van der Waals surface area (Å²) in [5.41, 5.74) is -0.467. The third kappa shape index (κ3) is 1.89. The Bertz CT molecular complexity index is 866. The zero-order valence-corrected chi connectivity index (χ0v) is 11.1. The van der Waals surface area contributed by atoms with Gasteiger partial charge in [0, 0.05) is 17.2 Å². The van der Waals surface area contributed by atoms with Crippen molar-refractivity contribution in [1.82, 2.24) is 0 Å². The summed E-state index contributed by atoms with van der Waals surface area (Å²) in [6, 6.07) is 11.6. The maximum Gasteiger partial charge on any atom is 0.277 e. The average molecular weight is 295 g/mol. The predicted molar refractivity (Wildman–Crippen MR) is 78.3 cm³/mol. The monoisotopic (exact) mass is 295 g/mol. The molecular weight excluding hydrogens is 286 g/mol. The number of carbonyl (C=O) groups is 2. The van der Waals surface area contributed by atoms with E-state index in [9.17, 15) is 24.8 Å². The number of fused-ring (bicyclic) bond motifs is 1. The van der Waals surface area contributed by atoms with Crippen LogP contribution in [0.2, 0.25) is 0 Å². The van der Waals surface area contributed by atoms with Crippen LogP contribution in [0, 0.1) is 10.1 Å². The van der Waals surface area contributed by atoms with Crippen molar-refractivity contribution in [2.24, 2.45) is 0 Å². The molecule has 0 bridgehead atoms. The minimum absolute atomic E-state index is 0.0714. The van der Waals surface area contributed by atoms with E-state index in [0.29, 0.717) is 0 Å². The lowest BCUT2D eigenvalue weighted by Crippen LogP contribution is -2.23. The van der Waals surface area contributed by atoms with Gasteiger partial charge in [0.2, 0.25) is 11.6 Å². The molecule has 0 atom stereocenters. The fourth-order valence-electron chi connectivity index (χ4n) is 2.46. The molecule has 6 heteroatoms. The number of rotatable bonds is 2. The van der Waals surface area contributed by atoms with Crippen molar-refractivity contribution in [2.75, 3.05) is 0 Å². The first-order chi connectivity index (χ1) is 10.5. The third-order valence-electron chi connectivity index (χ3n) is 3.47. The molecule has 0 saturated heterocycles. The van der Waals surface area contributed by atoms with Crippen LogP contribution in [0.4, 0.5) is 5.69 Å². The summed E-state index contributed by atoms with van der Waals surface area (Å²) in [6.45, 7) is 0. The zero-order valence-electron chi connectivity index (χ0n) is 11.1. The van der Waals surface area contributed by atoms with Crippen LogP contribution in [0.1, 0.15) is 21.5 Å². The molecule has 2 aromatic carbocycles. The van der Waals surface area contributed by atoms with Crippen LogP contribution in [0.3, 0.4) is 0 Å². The van der Waals surface area contributed by atoms with Crippen LogP contribution >= 0.6 is 0 Å². The van der Waals surface area contributed by atoms with Crippen molar-refractivity contribution in [2.45, 2.75) is 0 Å². The number of nitro benzene ring substituents is 1. The van der Waals surface area contributed by atoms with Gasteiger partial charge in [-0.2, -0.15) is 0 Å². The van der Waals surface area contributed by atoms with E-state index in [1.165, 1.54) is 36.4 Å². The van der Waals surface area contributed by atoms with Gasteiger partial charge >= 0.3 is 0 Å². The second-order valence-corrected chi connectivity index (χ2v) is 4.70. The summed E-state index contributed by atoms with van der Waals surface area (Å²) in [4.78, 5) is 34.9. The molecule has 0 amide bonds. The molecule has 0 saturated carbocycles. The average Bonchev–Trinajstić information content (AvgIpc) is 2.53. The summed E-state index contributed by atoms with van der Waals surface area (Å²) in [5.74, 6) is -2.17. The lowest BCUT2D eigenvalue weighted by Gasteiger charge is -2.17. The fourth-order valence-corrected chi connectivity index (χ4v) is 2.46. The summed E-state index contributed by atoms with van der Waals surface area (Å²) < 4.78 is 0. The van der Waals surface area contributed by atoms with E-state index in [0.717, 1.165) is 0 Å². The van der Waals surface area contributed by atoms with E-state index >= 15 is 0 Å². The van der Waals surface area contributed by atoms with Crippen LogP contribution < -0.4 is 0 Å². The van der Waals surface area contributed by atoms with Gasteiger partial charge in [0.15, 0.2) is 0 Å². The minimum Gasteiger partial charge on any atom is -0.506 e. The number of nitro groups is 1. The number of carbonyl (C=O) groups excluding carboxylic acids is 2. The standard InChI is InChI=1S/C16H9NO5/c18-14-9-5-1-2-6-10(9)15(19)16(20)13(14)11-7-3-4-8-12(11)17(21)22/h1-8,18H. The van der Waals surface area contributed by atoms with Gasteiger partial charge < -0.3 is 5.11 Å². The second kappa shape index (κ2) is 4.92. The van der Waals surface area contributed by atoms with E-state index in [1.54, 1.807) is 12.1 Å². The van der Waals surface area contributed by atoms with Gasteiger partial charge in [0.1, 0.15) is 5.76 Å². The number of aliphatic hydroxyl groups is 1. The van der Waals surface area contributed by atoms with Gasteiger partial charge in [0.25, 0.3) is 5.69 Å². The Morgan fingerprint density at radius 1 is 0.818 bits per heavy atom. The van der Waals surface area contributed by atoms with Gasteiger partial charge in [0.05, 0.1) is 16.1 Å². The van der Waals surface area contributed by atoms with Crippen LogP contribution in [-0.4, -0.2) is 21.6 Å². The molecule has 0 heterocycles. The summed E-state index contributed by atoms with van der Waals surface area (Å²) in [5, 5.41) is 21.5. The number of hydrogen-bond donors (Lipinski definition) is 1. The van der Waals surface area contributed by atoms with Crippen LogP contribution in [0.25, 0.3) is 11.3 Å². The van der Waals surface area contributed by atoms with Gasteiger partial charge in [-0.05, 0) is 6.07 Å². The number of aliphatic hydroxyl groups excluding tert-OH is 1. The predicted octanol–water partition coefficient (Wildman–Crippen LogP) is 2.79. The summed E-state index contributed by atoms with van der Waals surface area (Å²) in [6.07, 6.45) is 0. The first-order valence-corrected chi connectivity index (χ1v) is 6.38. The number of Topliss-reactive ketones (excluding diaryl/α,β-unsaturated/α-hetero) is 2. The van der Waals surface area contributed by atoms with E-state index in [-0.39, 0.29) is 28.0 Å². The van der Waals surface area contributed by atoms with Gasteiger partial charge in [-0.3, -0.25) is 19.7 Å². The van der Waals surface area contributed by atoms with Crippen molar-refractivity contribution >= 4 is 28.6 Å². The van der Waals surface area contributed by atoms with Crippen molar-refractivity contribution in [3.8, 4) is 0 Å². The molecule has 0 fully saturated rings. The van der Waals surface area contributed by atoms with Gasteiger partial charge in [-0.15, -0.1) is 0 Å². The molecule has 108 valence electrons. The quantitative estimate of drug-likeness (QED) is 0.522. The molecule has 2 aromatic rings. The highest BCUT2D eigenvalue weighted by atomic mass is 16.6. The Morgan fingerprint density at radius 2 is 1.36 bits per heavy atom. The van der Waals surface area contributed by atoms with Crippen LogP contribution in [-0.2, 0) is 4.79 Å². The number of ketones is 2. The Labute approximate surface area is 124 Å². The Morgan fingerprint density at radius 3 is 2.00 bits per heavy atom. The van der Waals surface area contributed by atoms with Crippen molar-refractivity contribution < 1.29 is 19.6 Å². The molecule has 22 heavy (non-hydrogen) atoms. The highest BCUT2D eigenvalue weighted by Gasteiger charge is 2.36. The summed E-state index contributed by atoms with van der Waals surface area (Å²) >= 11 is 0. The number of hydrogen-bond acceptors (Lipinski definition) is 5. The first kappa shape index (κ1) is 13.7. The number of allylic oxidation sites excluding steroid dienone is 1. The topological polar surface area (TPSA) is 97.5 Å². The molecule has 6 nitrogen and oxygen atoms in total. The lowest BCUT2D eigenvalue weighted by molar-refractivity contribution is -0.385. The molecule has 1 N–H and O–H groups in total. The zero-order chi connectivity index (χ0) is 15.9. The molecule has 0 aliphatic heterocycles. The Hall–Kier alpha value is -3.28. The largest absolute Gasteiger partial charge is 0.506 e. The fraction of sp³-hybridized carbons (Fsp3) is 0. The molecule has 0 spiro atoms. The van der Waals surface area contributed by atoms with Crippen LogP contribution in [0.5, 0.6) is 0 Å². The third-order valence-corrected chi connectivity index (χ3v) is 3.47. The van der Waals surface area contributed by atoms with Crippen molar-refractivity contribution in [3.05, 3.63) is 75.3 Å². The maximum atomic E-state index is 12.3. The van der Waals surface area contributed by atoms with E-state index < -0.39 is 22.2 Å². The highest BCUT2D eigenvalue weighted by Crippen LogP contribution is 2.36. The molecule has 0 aromatic heterocycles. The molecule has 1 aliphatic carbocycles. The molecule has 1 aliphatic rings. The first-order valence-electron chi connectivity index (χ1n) is 6.38. The van der Waals surface area contributed by atoms with E-state index in [4.69, 9.17) is 0 Å². The van der Waals surface area contributed by atoms with Crippen LogP contribution in [0.15, 0.2) is 48.5 Å². The SMILES string of the molecule is O=C1C(=O)c2ccccc2C(O)=C1c1ccccc1[N+](=O)[O-]. The highest BCUT2D eigenvalue weighted by molar-refractivity contribution is 6.62. The Kier molecular flexibility index (Phi) is 3.06. The second-order valence-electron chi connectivity index (χ2n) is 4.70.